The van der Waals surface area contributed by atoms with Gasteiger partial charge in [-0.2, -0.15) is 13.2 Å². The highest BCUT2D eigenvalue weighted by Gasteiger charge is 2.34. The maximum atomic E-state index is 14.2. The van der Waals surface area contributed by atoms with Gasteiger partial charge in [0.1, 0.15) is 12.4 Å². The number of carbonyl (C=O) groups excluding carboxylic acids is 2. The van der Waals surface area contributed by atoms with Crippen LogP contribution in [0.3, 0.4) is 0 Å². The molecule has 1 saturated carbocycles. The Morgan fingerprint density at radius 1 is 1.09 bits per heavy atom. The molecule has 3 aromatic rings. The average Bonchev–Trinajstić information content (AvgIpc) is 3.60. The van der Waals surface area contributed by atoms with Crippen molar-refractivity contribution in [1.29, 1.82) is 0 Å². The summed E-state index contributed by atoms with van der Waals surface area (Å²) in [6.07, 6.45) is -1.38. The number of halogens is 4. The number of hydrogen-bond donors (Lipinski definition) is 0. The first-order valence-corrected chi connectivity index (χ1v) is 11.6. The third-order valence-electron chi connectivity index (χ3n) is 6.15. The van der Waals surface area contributed by atoms with Crippen molar-refractivity contribution in [3.8, 4) is 11.1 Å². The maximum Gasteiger partial charge on any atom is 0.416 e. The fraction of sp³-hybridized carbons (Fsp3) is 0.385. The number of hydrogen-bond acceptors (Lipinski definition) is 3. The number of nitrogens with zero attached hydrogens (tertiary/aromatic N) is 2. The Kier molecular flexibility index (Phi) is 6.87. The Bertz CT molecular complexity index is 1260. The molecule has 1 fully saturated rings. The molecule has 186 valence electrons. The highest BCUT2D eigenvalue weighted by molar-refractivity contribution is 5.97. The largest absolute Gasteiger partial charge is 0.465 e. The zero-order chi connectivity index (χ0) is 25.3. The van der Waals surface area contributed by atoms with E-state index in [-0.39, 0.29) is 31.5 Å². The highest BCUT2D eigenvalue weighted by Crippen LogP contribution is 2.38. The molecule has 5 nitrogen and oxygen atoms in total. The smallest absolute Gasteiger partial charge is 0.416 e. The minimum Gasteiger partial charge on any atom is -0.465 e. The SMILES string of the molecule is CCOC(=O)Cn1cc(-c2ccc(C(F)(F)F)cc2CN(CC)C(=O)C2CC2)c2cc(F)ccc21. The third kappa shape index (κ3) is 5.33. The quantitative estimate of drug-likeness (QED) is 0.297. The molecule has 4 rings (SSSR count). The first-order chi connectivity index (χ1) is 16.6. The van der Waals surface area contributed by atoms with Crippen LogP contribution in [0.1, 0.15) is 37.8 Å². The van der Waals surface area contributed by atoms with E-state index in [1.54, 1.807) is 29.5 Å². The second-order valence-corrected chi connectivity index (χ2v) is 8.63. The molecular weight excluding hydrogens is 464 g/mol. The van der Waals surface area contributed by atoms with E-state index >= 15 is 0 Å². The molecule has 0 aliphatic heterocycles. The second-order valence-electron chi connectivity index (χ2n) is 8.63. The van der Waals surface area contributed by atoms with Crippen molar-refractivity contribution < 1.29 is 31.9 Å². The highest BCUT2D eigenvalue weighted by atomic mass is 19.4. The van der Waals surface area contributed by atoms with Crippen LogP contribution >= 0.6 is 0 Å². The van der Waals surface area contributed by atoms with Gasteiger partial charge in [0, 0.05) is 41.7 Å². The Hall–Kier alpha value is -3.36. The summed E-state index contributed by atoms with van der Waals surface area (Å²) in [5, 5.41) is 0.451. The Labute approximate surface area is 200 Å². The first-order valence-electron chi connectivity index (χ1n) is 11.6. The lowest BCUT2D eigenvalue weighted by molar-refractivity contribution is -0.143. The van der Waals surface area contributed by atoms with E-state index in [2.05, 4.69) is 0 Å². The molecule has 0 atom stereocenters. The standard InChI is InChI=1S/C26H26F4N2O3/c1-3-31(25(34)16-5-6-16)13-17-11-18(26(28,29)30)7-9-20(17)22-14-32(15-24(33)35-4-2)23-10-8-19(27)12-21(22)23/h7-12,14,16H,3-6,13,15H2,1-2H3. The van der Waals surface area contributed by atoms with E-state index < -0.39 is 23.5 Å². The fourth-order valence-corrected chi connectivity index (χ4v) is 4.26. The monoisotopic (exact) mass is 490 g/mol. The second kappa shape index (κ2) is 9.71. The Morgan fingerprint density at radius 2 is 1.83 bits per heavy atom. The molecule has 2 aromatic carbocycles. The molecule has 0 radical (unpaired) electrons. The van der Waals surface area contributed by atoms with E-state index in [0.29, 0.717) is 34.1 Å². The number of aromatic nitrogens is 1. The molecule has 1 amide bonds. The van der Waals surface area contributed by atoms with E-state index in [4.69, 9.17) is 4.74 Å². The van der Waals surface area contributed by atoms with E-state index in [1.807, 2.05) is 0 Å². The van der Waals surface area contributed by atoms with Crippen molar-refractivity contribution in [3.63, 3.8) is 0 Å². The van der Waals surface area contributed by atoms with Gasteiger partial charge in [-0.3, -0.25) is 9.59 Å². The van der Waals surface area contributed by atoms with Crippen LogP contribution in [0.5, 0.6) is 0 Å². The van der Waals surface area contributed by atoms with Crippen LogP contribution in [-0.4, -0.2) is 34.5 Å². The predicted molar refractivity (Wildman–Crippen MR) is 123 cm³/mol. The molecule has 0 N–H and O–H groups in total. The summed E-state index contributed by atoms with van der Waals surface area (Å²) in [6, 6.07) is 7.45. The van der Waals surface area contributed by atoms with Crippen LogP contribution in [0, 0.1) is 11.7 Å². The van der Waals surface area contributed by atoms with Gasteiger partial charge in [0.15, 0.2) is 0 Å². The normalized spacial score (nSPS) is 13.8. The molecule has 0 spiro atoms. The van der Waals surface area contributed by atoms with Crippen LogP contribution in [0.25, 0.3) is 22.0 Å². The lowest BCUT2D eigenvalue weighted by atomic mass is 9.96. The number of carbonyl (C=O) groups is 2. The number of rotatable bonds is 8. The predicted octanol–water partition coefficient (Wildman–Crippen LogP) is 5.79. The van der Waals surface area contributed by atoms with Gasteiger partial charge in [-0.1, -0.05) is 6.07 Å². The van der Waals surface area contributed by atoms with Gasteiger partial charge < -0.3 is 14.2 Å². The summed E-state index contributed by atoms with van der Waals surface area (Å²) in [4.78, 5) is 26.4. The third-order valence-corrected chi connectivity index (χ3v) is 6.15. The molecule has 1 aromatic heterocycles. The number of ether oxygens (including phenoxy) is 1. The van der Waals surface area contributed by atoms with Gasteiger partial charge in [0.05, 0.1) is 12.2 Å². The van der Waals surface area contributed by atoms with Gasteiger partial charge in [0.2, 0.25) is 5.91 Å². The number of alkyl halides is 3. The van der Waals surface area contributed by atoms with Crippen LogP contribution < -0.4 is 0 Å². The first kappa shape index (κ1) is 24.8. The maximum absolute atomic E-state index is 14.2. The number of benzene rings is 2. The van der Waals surface area contributed by atoms with Crippen LogP contribution in [0.15, 0.2) is 42.6 Å². The molecule has 0 bridgehead atoms. The van der Waals surface area contributed by atoms with E-state index in [9.17, 15) is 27.2 Å². The molecule has 9 heteroatoms. The minimum absolute atomic E-state index is 0.00898. The van der Waals surface area contributed by atoms with Gasteiger partial charge in [-0.05, 0) is 68.1 Å². The molecule has 1 aliphatic carbocycles. The van der Waals surface area contributed by atoms with Crippen molar-refractivity contribution >= 4 is 22.8 Å². The zero-order valence-corrected chi connectivity index (χ0v) is 19.5. The number of amides is 1. The van der Waals surface area contributed by atoms with Crippen LogP contribution in [-0.2, 0) is 33.6 Å². The Balaban J connectivity index is 1.85. The minimum atomic E-state index is -4.56. The van der Waals surface area contributed by atoms with Gasteiger partial charge >= 0.3 is 12.1 Å². The Morgan fingerprint density at radius 3 is 2.46 bits per heavy atom. The molecule has 0 unspecified atom stereocenters. The lowest BCUT2D eigenvalue weighted by Crippen LogP contribution is -2.31. The fourth-order valence-electron chi connectivity index (χ4n) is 4.26. The molecule has 1 heterocycles. The summed E-state index contributed by atoms with van der Waals surface area (Å²) in [7, 11) is 0. The average molecular weight is 490 g/mol. The van der Waals surface area contributed by atoms with E-state index in [1.165, 1.54) is 24.3 Å². The zero-order valence-electron chi connectivity index (χ0n) is 19.5. The summed E-state index contributed by atoms with van der Waals surface area (Å²) < 4.78 is 61.5. The van der Waals surface area contributed by atoms with Crippen molar-refractivity contribution in [2.45, 2.75) is 46.0 Å². The topological polar surface area (TPSA) is 51.5 Å². The molecule has 1 aliphatic rings. The molecule has 35 heavy (non-hydrogen) atoms. The summed E-state index contributed by atoms with van der Waals surface area (Å²) in [5.74, 6) is -1.16. The summed E-state index contributed by atoms with van der Waals surface area (Å²) >= 11 is 0. The van der Waals surface area contributed by atoms with Gasteiger partial charge in [-0.25, -0.2) is 4.39 Å². The van der Waals surface area contributed by atoms with Crippen molar-refractivity contribution in [2.75, 3.05) is 13.2 Å². The number of fused-ring (bicyclic) bond motifs is 1. The summed E-state index contributed by atoms with van der Waals surface area (Å²) in [6.45, 7) is 3.88. The summed E-state index contributed by atoms with van der Waals surface area (Å²) in [5.41, 5.74) is 0.935. The van der Waals surface area contributed by atoms with Crippen LogP contribution in [0.2, 0.25) is 0 Å². The van der Waals surface area contributed by atoms with Crippen LogP contribution in [0.4, 0.5) is 17.6 Å². The molecule has 0 saturated heterocycles. The number of esters is 1. The van der Waals surface area contributed by atoms with Gasteiger partial charge in [0.25, 0.3) is 0 Å². The van der Waals surface area contributed by atoms with Gasteiger partial charge in [-0.15, -0.1) is 0 Å². The lowest BCUT2D eigenvalue weighted by Gasteiger charge is -2.23. The molecular formula is C26H26F4N2O3. The van der Waals surface area contributed by atoms with Crippen molar-refractivity contribution in [1.82, 2.24) is 9.47 Å². The van der Waals surface area contributed by atoms with E-state index in [0.717, 1.165) is 25.0 Å². The van der Waals surface area contributed by atoms with Crippen molar-refractivity contribution in [3.05, 3.63) is 59.5 Å². The van der Waals surface area contributed by atoms with Crippen molar-refractivity contribution in [2.24, 2.45) is 5.92 Å².